The Balaban J connectivity index is 1.78. The van der Waals surface area contributed by atoms with Gasteiger partial charge in [0.15, 0.2) is 0 Å². The molecule has 0 spiro atoms. The Bertz CT molecular complexity index is 1110. The van der Waals surface area contributed by atoms with Crippen molar-refractivity contribution in [1.82, 2.24) is 19.5 Å². The van der Waals surface area contributed by atoms with Crippen LogP contribution in [0.15, 0.2) is 35.1 Å². The summed E-state index contributed by atoms with van der Waals surface area (Å²) in [6, 6.07) is 6.44. The number of morpholine rings is 1. The molecule has 0 atom stereocenters. The van der Waals surface area contributed by atoms with Gasteiger partial charge in [-0.3, -0.25) is 14.7 Å². The van der Waals surface area contributed by atoms with Gasteiger partial charge in [0.1, 0.15) is 0 Å². The maximum atomic E-state index is 10.9. The molecule has 4 rings (SSSR count). The number of fused-ring (bicyclic) bond motifs is 1. The summed E-state index contributed by atoms with van der Waals surface area (Å²) in [5.41, 5.74) is 6.86. The van der Waals surface area contributed by atoms with Crippen molar-refractivity contribution < 1.29 is 14.6 Å². The van der Waals surface area contributed by atoms with E-state index in [1.165, 1.54) is 16.8 Å². The molecule has 1 saturated heterocycles. The fourth-order valence-corrected chi connectivity index (χ4v) is 4.88. The molecule has 4 heterocycles. The van der Waals surface area contributed by atoms with Gasteiger partial charge in [0.05, 0.1) is 24.4 Å². The van der Waals surface area contributed by atoms with Gasteiger partial charge < -0.3 is 9.84 Å². The molecule has 8 heteroatoms. The number of ether oxygens (including phenoxy) is 1. The summed E-state index contributed by atoms with van der Waals surface area (Å²) in [5, 5.41) is 14.1. The van der Waals surface area contributed by atoms with E-state index in [-0.39, 0.29) is 6.42 Å². The zero-order valence-electron chi connectivity index (χ0n) is 19.1. The van der Waals surface area contributed by atoms with Gasteiger partial charge in [-0.1, -0.05) is 13.3 Å². The minimum Gasteiger partial charge on any atom is -0.481 e. The van der Waals surface area contributed by atoms with Crippen LogP contribution in [0.2, 0.25) is 0 Å². The summed E-state index contributed by atoms with van der Waals surface area (Å²) in [6.45, 7) is 6.23. The van der Waals surface area contributed by atoms with Gasteiger partial charge in [-0.25, -0.2) is 4.52 Å². The predicted octanol–water partition coefficient (Wildman–Crippen LogP) is 4.74. The Morgan fingerprint density at radius 3 is 2.73 bits per heavy atom. The van der Waals surface area contributed by atoms with Crippen LogP contribution in [-0.2, 0) is 28.9 Å². The molecular weight excluding hydrogens is 484 g/mol. The molecule has 0 aromatic carbocycles. The number of carboxylic acids is 1. The van der Waals surface area contributed by atoms with E-state index in [1.54, 1.807) is 6.20 Å². The highest BCUT2D eigenvalue weighted by Gasteiger charge is 2.21. The second-order valence-corrected chi connectivity index (χ2v) is 9.43. The van der Waals surface area contributed by atoms with E-state index in [2.05, 4.69) is 55.5 Å². The third-order valence-electron chi connectivity index (χ3n) is 6.21. The predicted molar refractivity (Wildman–Crippen MR) is 131 cm³/mol. The normalized spacial score (nSPS) is 14.7. The Hall–Kier alpha value is -2.29. The van der Waals surface area contributed by atoms with Gasteiger partial charge in [-0.15, -0.1) is 0 Å². The molecule has 0 unspecified atom stereocenters. The second-order valence-electron chi connectivity index (χ2n) is 8.51. The first-order valence-electron chi connectivity index (χ1n) is 11.7. The van der Waals surface area contributed by atoms with Crippen molar-refractivity contribution in [2.24, 2.45) is 0 Å². The summed E-state index contributed by atoms with van der Waals surface area (Å²) < 4.78 is 8.59. The second kappa shape index (κ2) is 11.2. The maximum Gasteiger partial charge on any atom is 0.303 e. The third-order valence-corrected chi connectivity index (χ3v) is 6.64. The SMILES string of the molecule is CCc1ccc2c(-c3cncc(Br)c3)c(CCCCCC(=O)O)c(CN3CCOCC3)nn12. The third kappa shape index (κ3) is 5.80. The van der Waals surface area contributed by atoms with Crippen LogP contribution in [0.25, 0.3) is 16.6 Å². The molecule has 0 saturated carbocycles. The lowest BCUT2D eigenvalue weighted by molar-refractivity contribution is -0.137. The number of unbranched alkanes of at least 4 members (excludes halogenated alkanes) is 2. The van der Waals surface area contributed by atoms with Crippen molar-refractivity contribution in [1.29, 1.82) is 0 Å². The Morgan fingerprint density at radius 2 is 2.00 bits per heavy atom. The number of rotatable bonds is 10. The monoisotopic (exact) mass is 514 g/mol. The summed E-state index contributed by atoms with van der Waals surface area (Å²) in [5.74, 6) is -0.729. The van der Waals surface area contributed by atoms with Crippen molar-refractivity contribution in [2.75, 3.05) is 26.3 Å². The molecule has 1 aliphatic rings. The molecule has 7 nitrogen and oxygen atoms in total. The summed E-state index contributed by atoms with van der Waals surface area (Å²) in [4.78, 5) is 17.8. The first kappa shape index (κ1) is 23.9. The van der Waals surface area contributed by atoms with Gasteiger partial charge in [0.2, 0.25) is 0 Å². The summed E-state index contributed by atoms with van der Waals surface area (Å²) in [7, 11) is 0. The number of carbonyl (C=O) groups is 1. The van der Waals surface area contributed by atoms with Crippen molar-refractivity contribution in [3.05, 3.63) is 52.0 Å². The fourth-order valence-electron chi connectivity index (χ4n) is 4.52. The minimum atomic E-state index is -0.729. The van der Waals surface area contributed by atoms with Crippen LogP contribution in [0.1, 0.15) is 49.6 Å². The number of halogens is 1. The van der Waals surface area contributed by atoms with E-state index < -0.39 is 5.97 Å². The van der Waals surface area contributed by atoms with Crippen molar-refractivity contribution in [3.8, 4) is 11.1 Å². The van der Waals surface area contributed by atoms with Gasteiger partial charge >= 0.3 is 5.97 Å². The first-order chi connectivity index (χ1) is 16.1. The van der Waals surface area contributed by atoms with Crippen LogP contribution in [0, 0.1) is 0 Å². The van der Waals surface area contributed by atoms with Crippen LogP contribution in [0.5, 0.6) is 0 Å². The van der Waals surface area contributed by atoms with Crippen LogP contribution < -0.4 is 0 Å². The number of aromatic nitrogens is 3. The van der Waals surface area contributed by atoms with Gasteiger partial charge in [-0.05, 0) is 65.4 Å². The molecule has 0 amide bonds. The standard InChI is InChI=1S/C25H31BrN4O3/c1-2-20-8-9-23-25(18-14-19(26)16-27-15-18)21(6-4-3-5-7-24(31)32)22(28-30(20)23)17-29-10-12-33-13-11-29/h8-9,14-16H,2-7,10-13,17H2,1H3,(H,31,32). The van der Waals surface area contributed by atoms with Crippen molar-refractivity contribution >= 4 is 27.4 Å². The van der Waals surface area contributed by atoms with Crippen LogP contribution in [-0.4, -0.2) is 56.9 Å². The Labute approximate surface area is 202 Å². The number of aliphatic carboxylic acids is 1. The summed E-state index contributed by atoms with van der Waals surface area (Å²) in [6.07, 6.45) is 8.22. The quantitative estimate of drug-likeness (QED) is 0.393. The average Bonchev–Trinajstić information content (AvgIpc) is 3.21. The lowest BCUT2D eigenvalue weighted by Gasteiger charge is -2.28. The highest BCUT2D eigenvalue weighted by atomic mass is 79.9. The first-order valence-corrected chi connectivity index (χ1v) is 12.5. The molecule has 1 aliphatic heterocycles. The van der Waals surface area contributed by atoms with E-state index in [0.717, 1.165) is 79.8 Å². The fraction of sp³-hybridized carbons (Fsp3) is 0.480. The highest BCUT2D eigenvalue weighted by molar-refractivity contribution is 9.10. The Kier molecular flexibility index (Phi) is 8.11. The number of hydrogen-bond acceptors (Lipinski definition) is 5. The average molecular weight is 515 g/mol. The zero-order valence-corrected chi connectivity index (χ0v) is 20.7. The van der Waals surface area contributed by atoms with Crippen LogP contribution >= 0.6 is 15.9 Å². The molecule has 176 valence electrons. The van der Waals surface area contributed by atoms with Crippen LogP contribution in [0.3, 0.4) is 0 Å². The summed E-state index contributed by atoms with van der Waals surface area (Å²) >= 11 is 3.59. The van der Waals surface area contributed by atoms with Crippen LogP contribution in [0.4, 0.5) is 0 Å². The molecule has 33 heavy (non-hydrogen) atoms. The maximum absolute atomic E-state index is 10.9. The number of nitrogens with zero attached hydrogens (tertiary/aromatic N) is 4. The Morgan fingerprint density at radius 1 is 1.18 bits per heavy atom. The minimum absolute atomic E-state index is 0.221. The number of hydrogen-bond donors (Lipinski definition) is 1. The van der Waals surface area contributed by atoms with Crippen molar-refractivity contribution in [2.45, 2.75) is 52.0 Å². The van der Waals surface area contributed by atoms with Gasteiger partial charge in [0.25, 0.3) is 0 Å². The topological polar surface area (TPSA) is 80.0 Å². The lowest BCUT2D eigenvalue weighted by Crippen LogP contribution is -2.36. The van der Waals surface area contributed by atoms with E-state index in [9.17, 15) is 4.79 Å². The zero-order chi connectivity index (χ0) is 23.2. The largest absolute Gasteiger partial charge is 0.481 e. The molecule has 1 fully saturated rings. The molecule has 3 aromatic rings. The van der Waals surface area contributed by atoms with E-state index in [1.807, 2.05) is 6.20 Å². The molecular formula is C25H31BrN4O3. The number of carboxylic acid groups (broad SMARTS) is 1. The molecule has 0 aliphatic carbocycles. The smallest absolute Gasteiger partial charge is 0.303 e. The molecule has 0 bridgehead atoms. The number of aryl methyl sites for hydroxylation is 1. The number of pyridine rings is 1. The lowest BCUT2D eigenvalue weighted by atomic mass is 9.94. The molecule has 1 N–H and O–H groups in total. The molecule has 3 aromatic heterocycles. The van der Waals surface area contributed by atoms with E-state index in [4.69, 9.17) is 14.9 Å². The van der Waals surface area contributed by atoms with Gasteiger partial charge in [0, 0.05) is 59.7 Å². The van der Waals surface area contributed by atoms with Gasteiger partial charge in [-0.2, -0.15) is 5.10 Å². The van der Waals surface area contributed by atoms with Crippen molar-refractivity contribution in [3.63, 3.8) is 0 Å². The highest BCUT2D eigenvalue weighted by Crippen LogP contribution is 2.34. The van der Waals surface area contributed by atoms with E-state index >= 15 is 0 Å². The van der Waals surface area contributed by atoms with E-state index in [0.29, 0.717) is 6.42 Å². The molecule has 0 radical (unpaired) electrons.